The first-order chi connectivity index (χ1) is 18.9. The van der Waals surface area contributed by atoms with E-state index in [-0.39, 0.29) is 24.1 Å². The zero-order valence-electron chi connectivity index (χ0n) is 21.5. The third-order valence-electron chi connectivity index (χ3n) is 7.86. The molecule has 0 N–H and O–H groups in total. The highest BCUT2D eigenvalue weighted by atomic mass is 79.9. The lowest BCUT2D eigenvalue weighted by atomic mass is 9.66. The van der Waals surface area contributed by atoms with Gasteiger partial charge in [-0.15, -0.1) is 0 Å². The number of anilines is 2. The van der Waals surface area contributed by atoms with Crippen LogP contribution in [0.1, 0.15) is 28.7 Å². The minimum Gasteiger partial charge on any atom is -0.307 e. The van der Waals surface area contributed by atoms with Gasteiger partial charge in [0.2, 0.25) is 17.7 Å². The maximum Gasteiger partial charge on any atom is 0.239 e. The van der Waals surface area contributed by atoms with Crippen LogP contribution in [0.25, 0.3) is 0 Å². The maximum absolute atomic E-state index is 14.8. The smallest absolute Gasteiger partial charge is 0.239 e. The molecule has 4 aromatic rings. The lowest BCUT2D eigenvalue weighted by Crippen LogP contribution is -2.50. The van der Waals surface area contributed by atoms with Gasteiger partial charge < -0.3 is 4.90 Å². The molecule has 0 saturated carbocycles. The van der Waals surface area contributed by atoms with Crippen LogP contribution in [0.15, 0.2) is 108 Å². The Kier molecular flexibility index (Phi) is 6.43. The van der Waals surface area contributed by atoms with E-state index in [0.29, 0.717) is 18.7 Å². The van der Waals surface area contributed by atoms with Crippen molar-refractivity contribution in [3.63, 3.8) is 0 Å². The van der Waals surface area contributed by atoms with Crippen LogP contribution < -0.4 is 9.80 Å². The number of nitrogens with zero attached hydrogens (tertiary/aromatic N) is 2. The lowest BCUT2D eigenvalue weighted by molar-refractivity contribution is -0.131. The molecule has 2 aliphatic rings. The number of halogens is 1. The molecule has 6 heteroatoms. The van der Waals surface area contributed by atoms with Crippen molar-refractivity contribution in [2.45, 2.75) is 31.7 Å². The van der Waals surface area contributed by atoms with Gasteiger partial charge in [-0.2, -0.15) is 0 Å². The van der Waals surface area contributed by atoms with E-state index in [1.165, 1.54) is 4.90 Å². The summed E-state index contributed by atoms with van der Waals surface area (Å²) in [5, 5.41) is 0. The highest BCUT2D eigenvalue weighted by molar-refractivity contribution is 9.10. The predicted octanol–water partition coefficient (Wildman–Crippen LogP) is 6.36. The van der Waals surface area contributed by atoms with Gasteiger partial charge in [0.05, 0.1) is 23.6 Å². The number of hydrogen-bond donors (Lipinski definition) is 0. The topological polar surface area (TPSA) is 57.7 Å². The van der Waals surface area contributed by atoms with Gasteiger partial charge >= 0.3 is 0 Å². The molecule has 4 aromatic carbocycles. The van der Waals surface area contributed by atoms with Crippen LogP contribution in [0.4, 0.5) is 11.4 Å². The SMILES string of the molecule is Cc1ccc2c(c1)[C@](Cc1cccc(Br)c1)([C@H]1CC(=O)N(c3ccccc3)C1=O)C(=O)N2Cc1ccccc1. The fraction of sp³-hybridized carbons (Fsp3) is 0.182. The second kappa shape index (κ2) is 9.93. The molecule has 0 unspecified atom stereocenters. The molecule has 0 spiro atoms. The fourth-order valence-corrected chi connectivity index (χ4v) is 6.54. The van der Waals surface area contributed by atoms with E-state index in [0.717, 1.165) is 32.4 Å². The van der Waals surface area contributed by atoms with E-state index in [9.17, 15) is 14.4 Å². The zero-order valence-corrected chi connectivity index (χ0v) is 23.1. The molecule has 194 valence electrons. The summed E-state index contributed by atoms with van der Waals surface area (Å²) >= 11 is 3.56. The van der Waals surface area contributed by atoms with Crippen LogP contribution in [-0.4, -0.2) is 17.7 Å². The second-order valence-corrected chi connectivity index (χ2v) is 11.3. The highest BCUT2D eigenvalue weighted by Gasteiger charge is 2.61. The van der Waals surface area contributed by atoms with Crippen molar-refractivity contribution >= 4 is 45.0 Å². The quantitative estimate of drug-likeness (QED) is 0.250. The Labute approximate surface area is 236 Å². The summed E-state index contributed by atoms with van der Waals surface area (Å²) in [5.41, 5.74) is 3.82. The summed E-state index contributed by atoms with van der Waals surface area (Å²) in [6.45, 7) is 2.37. The van der Waals surface area contributed by atoms with Gasteiger partial charge in [-0.3, -0.25) is 19.3 Å². The maximum atomic E-state index is 14.8. The number of carbonyl (C=O) groups is 3. The van der Waals surface area contributed by atoms with E-state index >= 15 is 0 Å². The molecule has 1 saturated heterocycles. The van der Waals surface area contributed by atoms with Crippen molar-refractivity contribution in [3.8, 4) is 0 Å². The predicted molar refractivity (Wildman–Crippen MR) is 155 cm³/mol. The Morgan fingerprint density at radius 1 is 0.821 bits per heavy atom. The summed E-state index contributed by atoms with van der Waals surface area (Å²) in [7, 11) is 0. The lowest BCUT2D eigenvalue weighted by Gasteiger charge is -2.34. The highest BCUT2D eigenvalue weighted by Crippen LogP contribution is 2.52. The molecule has 0 aliphatic carbocycles. The van der Waals surface area contributed by atoms with Gasteiger partial charge in [-0.1, -0.05) is 94.3 Å². The minimum absolute atomic E-state index is 0.0277. The molecule has 2 aliphatic heterocycles. The number of aryl methyl sites for hydroxylation is 1. The molecule has 6 rings (SSSR count). The first kappa shape index (κ1) is 25.3. The Morgan fingerprint density at radius 3 is 2.23 bits per heavy atom. The number of carbonyl (C=O) groups excluding carboxylic acids is 3. The van der Waals surface area contributed by atoms with Gasteiger partial charge in [-0.25, -0.2) is 0 Å². The van der Waals surface area contributed by atoms with Crippen LogP contribution in [0.2, 0.25) is 0 Å². The van der Waals surface area contributed by atoms with Crippen LogP contribution in [0.3, 0.4) is 0 Å². The van der Waals surface area contributed by atoms with Crippen molar-refractivity contribution in [2.75, 3.05) is 9.80 Å². The Morgan fingerprint density at radius 2 is 1.51 bits per heavy atom. The van der Waals surface area contributed by atoms with Crippen molar-refractivity contribution < 1.29 is 14.4 Å². The summed E-state index contributed by atoms with van der Waals surface area (Å²) in [5.74, 6) is -1.59. The molecule has 0 radical (unpaired) electrons. The van der Waals surface area contributed by atoms with Gasteiger partial charge in [0.1, 0.15) is 0 Å². The van der Waals surface area contributed by atoms with Gasteiger partial charge in [0, 0.05) is 16.6 Å². The van der Waals surface area contributed by atoms with E-state index in [1.54, 1.807) is 17.0 Å². The molecule has 39 heavy (non-hydrogen) atoms. The molecular formula is C33H27BrN2O3. The Hall–Kier alpha value is -4.03. The third-order valence-corrected chi connectivity index (χ3v) is 8.35. The van der Waals surface area contributed by atoms with Gasteiger partial charge in [0.15, 0.2) is 0 Å². The Bertz CT molecular complexity index is 1590. The second-order valence-electron chi connectivity index (χ2n) is 10.3. The summed E-state index contributed by atoms with van der Waals surface area (Å²) in [6.07, 6.45) is 0.277. The van der Waals surface area contributed by atoms with Crippen LogP contribution in [-0.2, 0) is 32.8 Å². The summed E-state index contributed by atoms with van der Waals surface area (Å²) < 4.78 is 0.894. The standard InChI is InChI=1S/C33H27BrN2O3/c1-22-15-16-29-27(17-22)33(20-24-11-8-12-25(34)18-24,32(39)35(29)21-23-9-4-2-5-10-23)28-19-30(37)36(31(28)38)26-13-6-3-7-14-26/h2-18,28H,19-21H2,1H3/t28-,33+/m0/s1. The zero-order chi connectivity index (χ0) is 27.1. The molecule has 2 atom stereocenters. The van der Waals surface area contributed by atoms with Crippen LogP contribution >= 0.6 is 15.9 Å². The van der Waals surface area contributed by atoms with E-state index in [4.69, 9.17) is 0 Å². The number of fused-ring (bicyclic) bond motifs is 1. The number of benzene rings is 4. The van der Waals surface area contributed by atoms with Crippen molar-refractivity contribution in [2.24, 2.45) is 5.92 Å². The van der Waals surface area contributed by atoms with Gasteiger partial charge in [0.25, 0.3) is 0 Å². The molecule has 5 nitrogen and oxygen atoms in total. The van der Waals surface area contributed by atoms with Crippen molar-refractivity contribution in [1.82, 2.24) is 0 Å². The minimum atomic E-state index is -1.23. The van der Waals surface area contributed by atoms with Crippen molar-refractivity contribution in [3.05, 3.63) is 130 Å². The van der Waals surface area contributed by atoms with Crippen LogP contribution in [0, 0.1) is 12.8 Å². The molecular weight excluding hydrogens is 552 g/mol. The van der Waals surface area contributed by atoms with Crippen molar-refractivity contribution in [1.29, 1.82) is 0 Å². The molecule has 0 aromatic heterocycles. The van der Waals surface area contributed by atoms with E-state index < -0.39 is 11.3 Å². The molecule has 3 amide bonds. The number of imide groups is 1. The average Bonchev–Trinajstić information content (AvgIpc) is 3.35. The third kappa shape index (κ3) is 4.29. The molecule has 1 fully saturated rings. The number of rotatable bonds is 6. The van der Waals surface area contributed by atoms with E-state index in [1.807, 2.05) is 97.9 Å². The summed E-state index contributed by atoms with van der Waals surface area (Å²) in [6, 6.07) is 32.7. The largest absolute Gasteiger partial charge is 0.307 e. The van der Waals surface area contributed by atoms with Gasteiger partial charge in [-0.05, 0) is 60.4 Å². The number of para-hydroxylation sites is 1. The monoisotopic (exact) mass is 578 g/mol. The molecule has 0 bridgehead atoms. The Balaban J connectivity index is 1.53. The normalized spacial score (nSPS) is 20.6. The molecule has 2 heterocycles. The average molecular weight is 579 g/mol. The fourth-order valence-electron chi connectivity index (χ4n) is 6.10. The number of hydrogen-bond acceptors (Lipinski definition) is 3. The first-order valence-electron chi connectivity index (χ1n) is 13.0. The summed E-state index contributed by atoms with van der Waals surface area (Å²) in [4.78, 5) is 45.5. The first-order valence-corrected chi connectivity index (χ1v) is 13.8. The van der Waals surface area contributed by atoms with Crippen LogP contribution in [0.5, 0.6) is 0 Å². The van der Waals surface area contributed by atoms with E-state index in [2.05, 4.69) is 15.9 Å². The number of amides is 3.